The summed E-state index contributed by atoms with van der Waals surface area (Å²) in [5.41, 5.74) is 1.89. The fourth-order valence-corrected chi connectivity index (χ4v) is 2.85. The number of benzene rings is 3. The second-order valence-electron chi connectivity index (χ2n) is 6.32. The van der Waals surface area contributed by atoms with Gasteiger partial charge in [-0.05, 0) is 53.9 Å². The molecule has 0 bridgehead atoms. The molecule has 0 aliphatic heterocycles. The number of hydrogen-bond acceptors (Lipinski definition) is 1. The first-order valence-electron chi connectivity index (χ1n) is 8.82. The molecular weight excluding hydrogens is 359 g/mol. The van der Waals surface area contributed by atoms with Crippen molar-refractivity contribution >= 4 is 0 Å². The summed E-state index contributed by atoms with van der Waals surface area (Å²) in [5.74, 6) is 3.18. The van der Waals surface area contributed by atoms with E-state index in [1.165, 1.54) is 23.8 Å². The second-order valence-corrected chi connectivity index (χ2v) is 6.32. The van der Waals surface area contributed by atoms with E-state index in [0.717, 1.165) is 30.5 Å². The van der Waals surface area contributed by atoms with Gasteiger partial charge in [0.25, 0.3) is 0 Å². The minimum Gasteiger partial charge on any atom is -0.206 e. The van der Waals surface area contributed by atoms with Crippen LogP contribution in [0.2, 0.25) is 0 Å². The summed E-state index contributed by atoms with van der Waals surface area (Å²) in [6.07, 6.45) is 2.08. The molecule has 0 amide bonds. The van der Waals surface area contributed by atoms with Crippen LogP contribution in [0, 0.1) is 40.6 Å². The normalized spacial score (nSPS) is 10.1. The molecule has 0 aliphatic rings. The molecule has 3 aromatic carbocycles. The molecule has 138 valence electrons. The molecule has 0 spiro atoms. The highest BCUT2D eigenvalue weighted by molar-refractivity contribution is 5.66. The maximum absolute atomic E-state index is 14.5. The molecule has 4 heteroatoms. The lowest BCUT2D eigenvalue weighted by molar-refractivity contribution is 0.577. The van der Waals surface area contributed by atoms with E-state index in [0.29, 0.717) is 5.56 Å². The molecule has 0 radical (unpaired) electrons. The van der Waals surface area contributed by atoms with Crippen molar-refractivity contribution in [3.05, 3.63) is 94.3 Å². The van der Waals surface area contributed by atoms with Crippen LogP contribution >= 0.6 is 0 Å². The lowest BCUT2D eigenvalue weighted by atomic mass is 10.0. The summed E-state index contributed by atoms with van der Waals surface area (Å²) in [4.78, 5) is 0. The van der Waals surface area contributed by atoms with Crippen molar-refractivity contribution in [2.24, 2.45) is 0 Å². The summed E-state index contributed by atoms with van der Waals surface area (Å²) in [7, 11) is 0. The Hall–Kier alpha value is -3.50. The smallest absolute Gasteiger partial charge is 0.144 e. The Kier molecular flexibility index (Phi) is 5.82. The molecule has 3 aromatic rings. The molecule has 1 nitrogen and oxygen atoms in total. The highest BCUT2D eigenvalue weighted by atomic mass is 19.1. The maximum atomic E-state index is 14.5. The third-order valence-electron chi connectivity index (χ3n) is 4.28. The van der Waals surface area contributed by atoms with Crippen molar-refractivity contribution in [1.82, 2.24) is 0 Å². The average molecular weight is 375 g/mol. The summed E-state index contributed by atoms with van der Waals surface area (Å²) < 4.78 is 42.0. The molecule has 0 saturated carbocycles. The van der Waals surface area contributed by atoms with Crippen molar-refractivity contribution < 1.29 is 13.2 Å². The maximum Gasteiger partial charge on any atom is 0.144 e. The fourth-order valence-electron chi connectivity index (χ4n) is 2.85. The van der Waals surface area contributed by atoms with Gasteiger partial charge in [-0.1, -0.05) is 43.4 Å². The lowest BCUT2D eigenvalue weighted by Gasteiger charge is -2.06. The Balaban J connectivity index is 1.87. The van der Waals surface area contributed by atoms with Crippen LogP contribution < -0.4 is 0 Å². The molecule has 0 fully saturated rings. The molecule has 0 aliphatic carbocycles. The minimum atomic E-state index is -1.02. The molecule has 3 rings (SSSR count). The number of halogens is 3. The Labute approximate surface area is 162 Å². The zero-order valence-electron chi connectivity index (χ0n) is 15.2. The van der Waals surface area contributed by atoms with Crippen LogP contribution in [0.4, 0.5) is 13.2 Å². The van der Waals surface area contributed by atoms with Crippen molar-refractivity contribution in [1.29, 1.82) is 5.26 Å². The van der Waals surface area contributed by atoms with Gasteiger partial charge in [0, 0.05) is 16.7 Å². The van der Waals surface area contributed by atoms with Crippen LogP contribution in [-0.4, -0.2) is 0 Å². The van der Waals surface area contributed by atoms with Crippen molar-refractivity contribution in [2.45, 2.75) is 19.8 Å². The van der Waals surface area contributed by atoms with Gasteiger partial charge in [-0.3, -0.25) is 0 Å². The molecule has 0 unspecified atom stereocenters. The summed E-state index contributed by atoms with van der Waals surface area (Å²) in [6, 6.07) is 15.5. The highest BCUT2D eigenvalue weighted by Crippen LogP contribution is 2.27. The topological polar surface area (TPSA) is 23.8 Å². The van der Waals surface area contributed by atoms with E-state index in [1.807, 2.05) is 24.3 Å². The van der Waals surface area contributed by atoms with Crippen LogP contribution in [0.1, 0.15) is 35.6 Å². The SMILES string of the molecule is CCCc1ccc(C#Cc2ccc(-c3cc(F)c(C#N)c(F)c3)c(F)c2)cc1. The van der Waals surface area contributed by atoms with Gasteiger partial charge in [-0.15, -0.1) is 0 Å². The van der Waals surface area contributed by atoms with Gasteiger partial charge in [0.1, 0.15) is 29.1 Å². The van der Waals surface area contributed by atoms with Crippen LogP contribution in [0.3, 0.4) is 0 Å². The van der Waals surface area contributed by atoms with E-state index >= 15 is 0 Å². The number of rotatable bonds is 3. The number of nitriles is 1. The first kappa shape index (κ1) is 19.3. The molecule has 0 heterocycles. The molecule has 0 saturated heterocycles. The minimum absolute atomic E-state index is 0.0255. The van der Waals surface area contributed by atoms with Gasteiger partial charge in [0.2, 0.25) is 0 Å². The predicted octanol–water partition coefficient (Wildman–Crippen LogP) is 5.99. The Morgan fingerprint density at radius 3 is 1.96 bits per heavy atom. The van der Waals surface area contributed by atoms with Crippen LogP contribution in [0.15, 0.2) is 54.6 Å². The van der Waals surface area contributed by atoms with Gasteiger partial charge < -0.3 is 0 Å². The van der Waals surface area contributed by atoms with E-state index in [-0.39, 0.29) is 11.1 Å². The Bertz CT molecular complexity index is 1090. The molecule has 0 atom stereocenters. The molecule has 0 N–H and O–H groups in total. The van der Waals surface area contributed by atoms with E-state index in [2.05, 4.69) is 18.8 Å². The Morgan fingerprint density at radius 1 is 0.786 bits per heavy atom. The number of nitrogens with zero attached hydrogens (tertiary/aromatic N) is 1. The van der Waals surface area contributed by atoms with Crippen molar-refractivity contribution in [3.63, 3.8) is 0 Å². The third kappa shape index (κ3) is 4.24. The van der Waals surface area contributed by atoms with E-state index in [1.54, 1.807) is 6.07 Å². The van der Waals surface area contributed by atoms with Crippen molar-refractivity contribution in [2.75, 3.05) is 0 Å². The van der Waals surface area contributed by atoms with E-state index in [9.17, 15) is 13.2 Å². The van der Waals surface area contributed by atoms with Crippen LogP contribution in [0.25, 0.3) is 11.1 Å². The summed E-state index contributed by atoms with van der Waals surface area (Å²) in [5, 5.41) is 8.73. The molecular formula is C24H16F3N. The molecule has 28 heavy (non-hydrogen) atoms. The third-order valence-corrected chi connectivity index (χ3v) is 4.28. The van der Waals surface area contributed by atoms with Gasteiger partial charge in [0.15, 0.2) is 0 Å². The zero-order chi connectivity index (χ0) is 20.1. The monoisotopic (exact) mass is 375 g/mol. The fraction of sp³-hybridized carbons (Fsp3) is 0.125. The number of aryl methyl sites for hydroxylation is 1. The zero-order valence-corrected chi connectivity index (χ0v) is 15.2. The Morgan fingerprint density at radius 2 is 1.39 bits per heavy atom. The van der Waals surface area contributed by atoms with Crippen LogP contribution in [0.5, 0.6) is 0 Å². The number of hydrogen-bond donors (Lipinski definition) is 0. The quantitative estimate of drug-likeness (QED) is 0.516. The van der Waals surface area contributed by atoms with Gasteiger partial charge in [-0.25, -0.2) is 13.2 Å². The summed E-state index contributed by atoms with van der Waals surface area (Å²) in [6.45, 7) is 2.12. The van der Waals surface area contributed by atoms with E-state index < -0.39 is 23.0 Å². The van der Waals surface area contributed by atoms with E-state index in [4.69, 9.17) is 5.26 Å². The first-order chi connectivity index (χ1) is 13.5. The largest absolute Gasteiger partial charge is 0.206 e. The molecule has 0 aromatic heterocycles. The average Bonchev–Trinajstić information content (AvgIpc) is 2.67. The second kappa shape index (κ2) is 8.46. The van der Waals surface area contributed by atoms with Crippen LogP contribution in [-0.2, 0) is 6.42 Å². The van der Waals surface area contributed by atoms with Crippen molar-refractivity contribution in [3.8, 4) is 29.0 Å². The van der Waals surface area contributed by atoms with Gasteiger partial charge in [-0.2, -0.15) is 5.26 Å². The summed E-state index contributed by atoms with van der Waals surface area (Å²) >= 11 is 0. The van der Waals surface area contributed by atoms with Gasteiger partial charge >= 0.3 is 0 Å². The predicted molar refractivity (Wildman–Crippen MR) is 103 cm³/mol. The lowest BCUT2D eigenvalue weighted by Crippen LogP contribution is -1.94. The van der Waals surface area contributed by atoms with Gasteiger partial charge in [0.05, 0.1) is 0 Å². The standard InChI is InChI=1S/C24H16F3N/c1-2-3-16-4-6-17(7-5-16)8-9-18-10-11-20(22(25)12-18)19-13-23(26)21(15-28)24(27)14-19/h4-7,10-14H,2-3H2,1H3. The highest BCUT2D eigenvalue weighted by Gasteiger charge is 2.14. The first-order valence-corrected chi connectivity index (χ1v) is 8.82.